The molecule has 18 heavy (non-hydrogen) atoms. The molecule has 2 heterocycles. The van der Waals surface area contributed by atoms with Crippen LogP contribution in [0.5, 0.6) is 11.5 Å². The van der Waals surface area contributed by atoms with E-state index < -0.39 is 5.97 Å². The molecular weight excluding hydrogens is 236 g/mol. The maximum atomic E-state index is 10.7. The summed E-state index contributed by atoms with van der Waals surface area (Å²) in [7, 11) is 0. The van der Waals surface area contributed by atoms with Gasteiger partial charge in [0.25, 0.3) is 0 Å². The van der Waals surface area contributed by atoms with Crippen molar-refractivity contribution in [2.75, 3.05) is 13.2 Å². The molecule has 0 aliphatic carbocycles. The maximum Gasteiger partial charge on any atom is 0.371 e. The minimum atomic E-state index is -1.08. The summed E-state index contributed by atoms with van der Waals surface area (Å²) in [5, 5.41) is 8.80. The van der Waals surface area contributed by atoms with E-state index >= 15 is 0 Å². The van der Waals surface area contributed by atoms with Gasteiger partial charge in [-0.25, -0.2) is 4.79 Å². The summed E-state index contributed by atoms with van der Waals surface area (Å²) in [6.07, 6.45) is 0. The van der Waals surface area contributed by atoms with E-state index in [0.717, 1.165) is 5.56 Å². The van der Waals surface area contributed by atoms with Crippen molar-refractivity contribution in [3.63, 3.8) is 0 Å². The van der Waals surface area contributed by atoms with E-state index in [9.17, 15) is 4.79 Å². The average Bonchev–Trinajstić information content (AvgIpc) is 2.88. The Morgan fingerprint density at radius 3 is 2.56 bits per heavy atom. The minimum Gasteiger partial charge on any atom is -0.486 e. The highest BCUT2D eigenvalue weighted by molar-refractivity contribution is 5.85. The van der Waals surface area contributed by atoms with E-state index in [-0.39, 0.29) is 5.76 Å². The number of rotatable bonds is 2. The highest BCUT2D eigenvalue weighted by Gasteiger charge is 2.15. The van der Waals surface area contributed by atoms with Crippen LogP contribution >= 0.6 is 0 Å². The van der Waals surface area contributed by atoms with Gasteiger partial charge in [-0.2, -0.15) is 0 Å². The summed E-state index contributed by atoms with van der Waals surface area (Å²) >= 11 is 0. The van der Waals surface area contributed by atoms with Crippen molar-refractivity contribution < 1.29 is 23.8 Å². The monoisotopic (exact) mass is 246 g/mol. The Morgan fingerprint density at radius 2 is 1.83 bits per heavy atom. The number of hydrogen-bond acceptors (Lipinski definition) is 4. The second-order valence-corrected chi connectivity index (χ2v) is 3.83. The van der Waals surface area contributed by atoms with Crippen molar-refractivity contribution in [3.8, 4) is 22.8 Å². The molecule has 3 rings (SSSR count). The molecule has 1 aliphatic rings. The van der Waals surface area contributed by atoms with Gasteiger partial charge in [-0.05, 0) is 30.3 Å². The number of carboxylic acids is 1. The number of aromatic carboxylic acids is 1. The summed E-state index contributed by atoms with van der Waals surface area (Å²) < 4.78 is 16.1. The largest absolute Gasteiger partial charge is 0.486 e. The quantitative estimate of drug-likeness (QED) is 0.881. The number of fused-ring (bicyclic) bond motifs is 1. The number of benzene rings is 1. The van der Waals surface area contributed by atoms with Crippen LogP contribution in [0.4, 0.5) is 0 Å². The third kappa shape index (κ3) is 1.79. The van der Waals surface area contributed by atoms with E-state index in [4.69, 9.17) is 19.0 Å². The summed E-state index contributed by atoms with van der Waals surface area (Å²) in [5.74, 6) is 0.657. The first-order valence-corrected chi connectivity index (χ1v) is 5.47. The zero-order valence-electron chi connectivity index (χ0n) is 9.38. The predicted molar refractivity (Wildman–Crippen MR) is 62.1 cm³/mol. The van der Waals surface area contributed by atoms with Crippen LogP contribution in [-0.4, -0.2) is 24.3 Å². The van der Waals surface area contributed by atoms with Crippen LogP contribution < -0.4 is 9.47 Å². The normalized spacial score (nSPS) is 13.3. The van der Waals surface area contributed by atoms with Crippen molar-refractivity contribution in [1.82, 2.24) is 0 Å². The molecule has 5 nitrogen and oxygen atoms in total. The highest BCUT2D eigenvalue weighted by Crippen LogP contribution is 2.34. The first-order chi connectivity index (χ1) is 8.74. The minimum absolute atomic E-state index is 0.0834. The zero-order chi connectivity index (χ0) is 12.5. The molecule has 0 atom stereocenters. The van der Waals surface area contributed by atoms with E-state index in [1.54, 1.807) is 24.3 Å². The molecule has 1 aliphatic heterocycles. The number of hydrogen-bond donors (Lipinski definition) is 1. The van der Waals surface area contributed by atoms with Crippen molar-refractivity contribution in [2.24, 2.45) is 0 Å². The molecule has 2 aromatic rings. The number of furan rings is 1. The Morgan fingerprint density at radius 1 is 1.06 bits per heavy atom. The van der Waals surface area contributed by atoms with Gasteiger partial charge in [0.2, 0.25) is 5.76 Å². The van der Waals surface area contributed by atoms with Crippen molar-refractivity contribution in [1.29, 1.82) is 0 Å². The summed E-state index contributed by atoms with van der Waals surface area (Å²) in [4.78, 5) is 10.7. The predicted octanol–water partition coefficient (Wildman–Crippen LogP) is 2.42. The topological polar surface area (TPSA) is 68.9 Å². The van der Waals surface area contributed by atoms with Gasteiger partial charge in [-0.3, -0.25) is 0 Å². The Bertz CT molecular complexity index is 599. The van der Waals surface area contributed by atoms with Gasteiger partial charge in [-0.15, -0.1) is 0 Å². The first kappa shape index (κ1) is 10.7. The summed E-state index contributed by atoms with van der Waals surface area (Å²) in [5.41, 5.74) is 0.756. The van der Waals surface area contributed by atoms with Crippen LogP contribution in [0.1, 0.15) is 10.6 Å². The van der Waals surface area contributed by atoms with Crippen LogP contribution in [-0.2, 0) is 0 Å². The molecule has 1 aromatic heterocycles. The third-order valence-corrected chi connectivity index (χ3v) is 2.64. The molecule has 0 spiro atoms. The summed E-state index contributed by atoms with van der Waals surface area (Å²) in [6, 6.07) is 8.41. The van der Waals surface area contributed by atoms with Gasteiger partial charge in [0.1, 0.15) is 19.0 Å². The van der Waals surface area contributed by atoms with Crippen molar-refractivity contribution in [2.45, 2.75) is 0 Å². The van der Waals surface area contributed by atoms with E-state index in [2.05, 4.69) is 0 Å². The lowest BCUT2D eigenvalue weighted by Crippen LogP contribution is -2.15. The number of ether oxygens (including phenoxy) is 2. The Balaban J connectivity index is 1.98. The molecule has 0 amide bonds. The van der Waals surface area contributed by atoms with Gasteiger partial charge in [0.05, 0.1) is 0 Å². The molecule has 0 bridgehead atoms. The molecule has 5 heteroatoms. The lowest BCUT2D eigenvalue weighted by atomic mass is 10.1. The average molecular weight is 246 g/mol. The molecule has 1 aromatic carbocycles. The number of carboxylic acid groups (broad SMARTS) is 1. The van der Waals surface area contributed by atoms with E-state index in [1.807, 2.05) is 0 Å². The fourth-order valence-corrected chi connectivity index (χ4v) is 1.80. The lowest BCUT2D eigenvalue weighted by Gasteiger charge is -2.18. The summed E-state index contributed by atoms with van der Waals surface area (Å²) in [6.45, 7) is 1.05. The molecule has 0 fully saturated rings. The Labute approximate surface area is 103 Å². The molecule has 0 unspecified atom stereocenters. The second kappa shape index (κ2) is 4.10. The van der Waals surface area contributed by atoms with Gasteiger partial charge < -0.3 is 19.0 Å². The fraction of sp³-hybridized carbons (Fsp3) is 0.154. The van der Waals surface area contributed by atoms with Gasteiger partial charge in [-0.1, -0.05) is 0 Å². The van der Waals surface area contributed by atoms with Gasteiger partial charge >= 0.3 is 5.97 Å². The third-order valence-electron chi connectivity index (χ3n) is 2.64. The van der Waals surface area contributed by atoms with E-state index in [0.29, 0.717) is 30.5 Å². The molecule has 0 saturated carbocycles. The highest BCUT2D eigenvalue weighted by atomic mass is 16.6. The molecule has 92 valence electrons. The standard InChI is InChI=1S/C13H10O5/c14-13(15)11-4-3-9(18-11)8-1-2-10-12(7-8)17-6-5-16-10/h1-4,7H,5-6H2,(H,14,15). The second-order valence-electron chi connectivity index (χ2n) is 3.83. The molecule has 0 saturated heterocycles. The molecular formula is C13H10O5. The van der Waals surface area contributed by atoms with Gasteiger partial charge in [0, 0.05) is 5.56 Å². The van der Waals surface area contributed by atoms with Crippen molar-refractivity contribution in [3.05, 3.63) is 36.1 Å². The van der Waals surface area contributed by atoms with Crippen LogP contribution in [0.15, 0.2) is 34.7 Å². The van der Waals surface area contributed by atoms with Crippen molar-refractivity contribution >= 4 is 5.97 Å². The SMILES string of the molecule is O=C(O)c1ccc(-c2ccc3c(c2)OCCO3)o1. The van der Waals surface area contributed by atoms with Crippen LogP contribution in [0.2, 0.25) is 0 Å². The first-order valence-electron chi connectivity index (χ1n) is 5.47. The zero-order valence-corrected chi connectivity index (χ0v) is 9.38. The Hall–Kier alpha value is -2.43. The smallest absolute Gasteiger partial charge is 0.371 e. The molecule has 0 radical (unpaired) electrons. The molecule has 1 N–H and O–H groups in total. The van der Waals surface area contributed by atoms with Crippen LogP contribution in [0.3, 0.4) is 0 Å². The van der Waals surface area contributed by atoms with Gasteiger partial charge in [0.15, 0.2) is 11.5 Å². The van der Waals surface area contributed by atoms with E-state index in [1.165, 1.54) is 6.07 Å². The number of carbonyl (C=O) groups is 1. The lowest BCUT2D eigenvalue weighted by molar-refractivity contribution is 0.0663. The van der Waals surface area contributed by atoms with Crippen LogP contribution in [0.25, 0.3) is 11.3 Å². The fourth-order valence-electron chi connectivity index (χ4n) is 1.80. The Kier molecular flexibility index (Phi) is 2.44. The maximum absolute atomic E-state index is 10.7. The van der Waals surface area contributed by atoms with Crippen LogP contribution in [0, 0.1) is 0 Å².